The summed E-state index contributed by atoms with van der Waals surface area (Å²) in [6, 6.07) is 11.7. The molecule has 0 aliphatic rings. The number of benzene rings is 2. The van der Waals surface area contributed by atoms with Crippen molar-refractivity contribution in [2.24, 2.45) is 0 Å². The Labute approximate surface area is 120 Å². The smallest absolute Gasteiger partial charge is 0.255 e. The van der Waals surface area contributed by atoms with Crippen LogP contribution in [0.5, 0.6) is 0 Å². The fourth-order valence-electron chi connectivity index (χ4n) is 2.09. The third kappa shape index (κ3) is 2.99. The van der Waals surface area contributed by atoms with Crippen LogP contribution in [0, 0.1) is 20.8 Å². The summed E-state index contributed by atoms with van der Waals surface area (Å²) in [4.78, 5) is 12.3. The number of nitrogens with one attached hydrogen (secondary N) is 2. The van der Waals surface area contributed by atoms with E-state index in [1.54, 1.807) is 0 Å². The highest BCUT2D eigenvalue weighted by atomic mass is 16.1. The lowest BCUT2D eigenvalue weighted by Crippen LogP contribution is -2.13. The Morgan fingerprint density at radius 3 is 2.10 bits per heavy atom. The van der Waals surface area contributed by atoms with Crippen molar-refractivity contribution >= 4 is 17.3 Å². The number of anilines is 2. The van der Waals surface area contributed by atoms with Crippen LogP contribution in [0.1, 0.15) is 27.0 Å². The van der Waals surface area contributed by atoms with Crippen molar-refractivity contribution in [3.05, 3.63) is 58.7 Å². The second kappa shape index (κ2) is 5.78. The molecule has 0 aliphatic heterocycles. The van der Waals surface area contributed by atoms with Crippen LogP contribution in [0.25, 0.3) is 0 Å². The van der Waals surface area contributed by atoms with Gasteiger partial charge in [0, 0.05) is 24.0 Å². The number of amides is 1. The number of rotatable bonds is 3. The fraction of sp³-hybridized carbons (Fsp3) is 0.235. The van der Waals surface area contributed by atoms with Gasteiger partial charge in [-0.25, -0.2) is 0 Å². The van der Waals surface area contributed by atoms with Crippen molar-refractivity contribution in [1.82, 2.24) is 0 Å². The van der Waals surface area contributed by atoms with Gasteiger partial charge in [0.1, 0.15) is 0 Å². The predicted molar refractivity (Wildman–Crippen MR) is 84.6 cm³/mol. The zero-order valence-electron chi connectivity index (χ0n) is 12.4. The van der Waals surface area contributed by atoms with Gasteiger partial charge in [0.05, 0.1) is 0 Å². The van der Waals surface area contributed by atoms with E-state index in [2.05, 4.69) is 17.6 Å². The summed E-state index contributed by atoms with van der Waals surface area (Å²) >= 11 is 0. The number of hydrogen-bond acceptors (Lipinski definition) is 2. The molecule has 0 bridgehead atoms. The van der Waals surface area contributed by atoms with E-state index in [-0.39, 0.29) is 5.91 Å². The summed E-state index contributed by atoms with van der Waals surface area (Å²) in [6.07, 6.45) is 0. The van der Waals surface area contributed by atoms with Crippen molar-refractivity contribution in [3.8, 4) is 0 Å². The van der Waals surface area contributed by atoms with E-state index >= 15 is 0 Å². The minimum atomic E-state index is -0.0755. The van der Waals surface area contributed by atoms with Gasteiger partial charge in [-0.1, -0.05) is 6.07 Å². The highest BCUT2D eigenvalue weighted by Crippen LogP contribution is 2.18. The molecule has 0 radical (unpaired) electrons. The zero-order chi connectivity index (χ0) is 14.7. The molecule has 2 rings (SSSR count). The summed E-state index contributed by atoms with van der Waals surface area (Å²) in [5, 5.41) is 6.01. The molecule has 0 saturated heterocycles. The normalized spacial score (nSPS) is 10.2. The second-order valence-corrected chi connectivity index (χ2v) is 5.03. The summed E-state index contributed by atoms with van der Waals surface area (Å²) in [5.41, 5.74) is 5.88. The van der Waals surface area contributed by atoms with Crippen LogP contribution >= 0.6 is 0 Å². The Bertz CT molecular complexity index is 647. The molecule has 0 unspecified atom stereocenters. The fourth-order valence-corrected chi connectivity index (χ4v) is 2.09. The highest BCUT2D eigenvalue weighted by Gasteiger charge is 2.10. The van der Waals surface area contributed by atoms with Crippen LogP contribution in [-0.2, 0) is 0 Å². The lowest BCUT2D eigenvalue weighted by Gasteiger charge is -2.10. The van der Waals surface area contributed by atoms with Crippen LogP contribution in [0.4, 0.5) is 11.4 Å². The van der Waals surface area contributed by atoms with Crippen LogP contribution in [0.15, 0.2) is 36.4 Å². The number of aryl methyl sites for hydroxylation is 3. The van der Waals surface area contributed by atoms with Crippen molar-refractivity contribution in [2.75, 3.05) is 17.7 Å². The molecule has 0 atom stereocenters. The van der Waals surface area contributed by atoms with E-state index in [9.17, 15) is 4.79 Å². The summed E-state index contributed by atoms with van der Waals surface area (Å²) < 4.78 is 0. The molecule has 104 valence electrons. The largest absolute Gasteiger partial charge is 0.388 e. The maximum absolute atomic E-state index is 12.3. The van der Waals surface area contributed by atoms with E-state index in [4.69, 9.17) is 0 Å². The first-order chi connectivity index (χ1) is 9.51. The molecule has 0 saturated carbocycles. The average Bonchev–Trinajstić information content (AvgIpc) is 2.42. The lowest BCUT2D eigenvalue weighted by molar-refractivity contribution is 0.102. The molecular weight excluding hydrogens is 248 g/mol. The molecule has 0 fully saturated rings. The first kappa shape index (κ1) is 14.1. The molecule has 0 spiro atoms. The number of hydrogen-bond donors (Lipinski definition) is 2. The minimum absolute atomic E-state index is 0.0755. The van der Waals surface area contributed by atoms with Gasteiger partial charge in [0.15, 0.2) is 0 Å². The average molecular weight is 268 g/mol. The standard InChI is InChI=1S/C17H20N2O/c1-11-5-6-15(9-12(11)2)19-17(20)16-8-7-14(18-4)10-13(16)3/h5-10,18H,1-4H3,(H,19,20). The van der Waals surface area contributed by atoms with Gasteiger partial charge >= 0.3 is 0 Å². The first-order valence-electron chi connectivity index (χ1n) is 6.68. The molecule has 1 amide bonds. The Kier molecular flexibility index (Phi) is 4.08. The zero-order valence-corrected chi connectivity index (χ0v) is 12.4. The first-order valence-corrected chi connectivity index (χ1v) is 6.68. The number of carbonyl (C=O) groups excluding carboxylic acids is 1. The van der Waals surface area contributed by atoms with E-state index in [1.807, 2.05) is 57.3 Å². The SMILES string of the molecule is CNc1ccc(C(=O)Nc2ccc(C)c(C)c2)c(C)c1. The Morgan fingerprint density at radius 1 is 0.850 bits per heavy atom. The van der Waals surface area contributed by atoms with Crippen molar-refractivity contribution < 1.29 is 4.79 Å². The van der Waals surface area contributed by atoms with Gasteiger partial charge in [-0.15, -0.1) is 0 Å². The molecular formula is C17H20N2O. The van der Waals surface area contributed by atoms with Gasteiger partial charge in [0.2, 0.25) is 0 Å². The Hall–Kier alpha value is -2.29. The van der Waals surface area contributed by atoms with Gasteiger partial charge in [-0.2, -0.15) is 0 Å². The van der Waals surface area contributed by atoms with Crippen LogP contribution in [-0.4, -0.2) is 13.0 Å². The van der Waals surface area contributed by atoms with Crippen molar-refractivity contribution in [1.29, 1.82) is 0 Å². The van der Waals surface area contributed by atoms with Crippen LogP contribution < -0.4 is 10.6 Å². The van der Waals surface area contributed by atoms with E-state index in [0.29, 0.717) is 5.56 Å². The summed E-state index contributed by atoms with van der Waals surface area (Å²) in [5.74, 6) is -0.0755. The number of carbonyl (C=O) groups is 1. The molecule has 0 heterocycles. The van der Waals surface area contributed by atoms with Gasteiger partial charge in [0.25, 0.3) is 5.91 Å². The molecule has 0 aliphatic carbocycles. The molecule has 0 aromatic heterocycles. The second-order valence-electron chi connectivity index (χ2n) is 5.03. The maximum atomic E-state index is 12.3. The molecule has 3 heteroatoms. The van der Waals surface area contributed by atoms with Crippen LogP contribution in [0.2, 0.25) is 0 Å². The molecule has 3 nitrogen and oxygen atoms in total. The Balaban J connectivity index is 2.21. The quantitative estimate of drug-likeness (QED) is 0.886. The molecule has 20 heavy (non-hydrogen) atoms. The van der Waals surface area contributed by atoms with Crippen molar-refractivity contribution in [3.63, 3.8) is 0 Å². The van der Waals surface area contributed by atoms with Gasteiger partial charge in [-0.3, -0.25) is 4.79 Å². The molecule has 2 aromatic carbocycles. The summed E-state index contributed by atoms with van der Waals surface area (Å²) in [7, 11) is 1.86. The lowest BCUT2D eigenvalue weighted by atomic mass is 10.1. The highest BCUT2D eigenvalue weighted by molar-refractivity contribution is 6.05. The Morgan fingerprint density at radius 2 is 1.50 bits per heavy atom. The third-order valence-corrected chi connectivity index (χ3v) is 3.52. The van der Waals surface area contributed by atoms with Crippen molar-refractivity contribution in [2.45, 2.75) is 20.8 Å². The van der Waals surface area contributed by atoms with Crippen LogP contribution in [0.3, 0.4) is 0 Å². The van der Waals surface area contributed by atoms with Gasteiger partial charge < -0.3 is 10.6 Å². The monoisotopic (exact) mass is 268 g/mol. The van der Waals surface area contributed by atoms with E-state index in [1.165, 1.54) is 11.1 Å². The van der Waals surface area contributed by atoms with E-state index in [0.717, 1.165) is 16.9 Å². The molecule has 2 aromatic rings. The molecule has 2 N–H and O–H groups in total. The third-order valence-electron chi connectivity index (χ3n) is 3.52. The summed E-state index contributed by atoms with van der Waals surface area (Å²) in [6.45, 7) is 6.04. The van der Waals surface area contributed by atoms with Gasteiger partial charge in [-0.05, 0) is 67.8 Å². The predicted octanol–water partition coefficient (Wildman–Crippen LogP) is 3.91. The maximum Gasteiger partial charge on any atom is 0.255 e. The minimum Gasteiger partial charge on any atom is -0.388 e. The van der Waals surface area contributed by atoms with E-state index < -0.39 is 0 Å². The topological polar surface area (TPSA) is 41.1 Å².